The molecule has 2 fully saturated rings. The van der Waals surface area contributed by atoms with Gasteiger partial charge in [0, 0.05) is 19.2 Å². The number of amides is 1. The number of hydrogen-bond acceptors (Lipinski definition) is 6. The molecule has 2 heterocycles. The van der Waals surface area contributed by atoms with Crippen LogP contribution in [-0.2, 0) is 4.79 Å². The van der Waals surface area contributed by atoms with Gasteiger partial charge in [0.15, 0.2) is 0 Å². The van der Waals surface area contributed by atoms with Crippen LogP contribution in [-0.4, -0.2) is 40.0 Å². The minimum absolute atomic E-state index is 0.0160. The monoisotopic (exact) mass is 320 g/mol. The third-order valence-corrected chi connectivity index (χ3v) is 4.92. The number of nitrogens with two attached hydrogens (primary N) is 1. The highest BCUT2D eigenvalue weighted by Gasteiger charge is 2.55. The van der Waals surface area contributed by atoms with E-state index in [2.05, 4.69) is 4.98 Å². The van der Waals surface area contributed by atoms with Gasteiger partial charge in [-0.1, -0.05) is 6.42 Å². The van der Waals surface area contributed by atoms with Crippen LogP contribution in [0.3, 0.4) is 0 Å². The summed E-state index contributed by atoms with van der Waals surface area (Å²) in [6.45, 7) is 0.690. The van der Waals surface area contributed by atoms with E-state index < -0.39 is 22.2 Å². The summed E-state index contributed by atoms with van der Waals surface area (Å²) in [4.78, 5) is 39.2. The van der Waals surface area contributed by atoms with Crippen molar-refractivity contribution in [1.29, 1.82) is 0 Å². The molecule has 1 aromatic rings. The van der Waals surface area contributed by atoms with Crippen molar-refractivity contribution in [1.82, 2.24) is 4.98 Å². The van der Waals surface area contributed by atoms with Crippen LogP contribution in [0.5, 0.6) is 0 Å². The van der Waals surface area contributed by atoms with Crippen LogP contribution >= 0.6 is 0 Å². The molecule has 3 rings (SSSR count). The molecule has 1 saturated carbocycles. The summed E-state index contributed by atoms with van der Waals surface area (Å²) in [5.74, 6) is -1.46. The number of nitro groups is 1. The number of carbonyl (C=O) groups excluding carboxylic acids is 1. The van der Waals surface area contributed by atoms with E-state index in [1.165, 1.54) is 0 Å². The van der Waals surface area contributed by atoms with Crippen LogP contribution in [0, 0.1) is 21.4 Å². The van der Waals surface area contributed by atoms with Gasteiger partial charge in [0.2, 0.25) is 0 Å². The van der Waals surface area contributed by atoms with Crippen molar-refractivity contribution >= 4 is 23.4 Å². The van der Waals surface area contributed by atoms with E-state index >= 15 is 0 Å². The maximum atomic E-state index is 11.7. The Labute approximate surface area is 131 Å². The molecular weight excluding hydrogens is 304 g/mol. The number of carboxylic acids is 1. The smallest absolute Gasteiger partial charge is 0.311 e. The minimum Gasteiger partial charge on any atom is -0.481 e. The average molecular weight is 320 g/mol. The number of rotatable bonds is 4. The van der Waals surface area contributed by atoms with Gasteiger partial charge in [0.25, 0.3) is 11.6 Å². The molecule has 0 radical (unpaired) electrons. The third kappa shape index (κ3) is 2.28. The van der Waals surface area contributed by atoms with E-state index in [0.29, 0.717) is 13.0 Å². The highest BCUT2D eigenvalue weighted by atomic mass is 16.6. The first kappa shape index (κ1) is 15.2. The van der Waals surface area contributed by atoms with Crippen LogP contribution in [0.2, 0.25) is 0 Å². The molecule has 2 atom stereocenters. The molecule has 9 heteroatoms. The summed E-state index contributed by atoms with van der Waals surface area (Å²) >= 11 is 0. The number of anilines is 1. The summed E-state index contributed by atoms with van der Waals surface area (Å²) < 4.78 is 0. The Kier molecular flexibility index (Phi) is 3.42. The normalized spacial score (nSPS) is 26.1. The number of primary amides is 1. The fourth-order valence-electron chi connectivity index (χ4n) is 3.78. The summed E-state index contributed by atoms with van der Waals surface area (Å²) in [5.41, 5.74) is 4.10. The van der Waals surface area contributed by atoms with Gasteiger partial charge in [-0.05, 0) is 18.8 Å². The van der Waals surface area contributed by atoms with Gasteiger partial charge in [0.05, 0.1) is 15.9 Å². The molecule has 1 aromatic heterocycles. The highest BCUT2D eigenvalue weighted by molar-refractivity contribution is 5.98. The molecule has 1 aliphatic carbocycles. The number of aromatic nitrogens is 1. The van der Waals surface area contributed by atoms with E-state index in [4.69, 9.17) is 5.73 Å². The fraction of sp³-hybridized carbons (Fsp3) is 0.500. The van der Waals surface area contributed by atoms with Gasteiger partial charge in [-0.2, -0.15) is 0 Å². The molecule has 1 amide bonds. The molecule has 3 N–H and O–H groups in total. The number of carboxylic acid groups (broad SMARTS) is 1. The second-order valence-corrected chi connectivity index (χ2v) is 6.12. The Balaban J connectivity index is 1.99. The SMILES string of the molecule is NC(=O)c1cc([N+](=O)[O-])cnc1N1C[C@@H]2CCC[C@@]2(C(=O)O)C1. The van der Waals surface area contributed by atoms with Crippen molar-refractivity contribution in [3.8, 4) is 0 Å². The summed E-state index contributed by atoms with van der Waals surface area (Å²) in [5, 5.41) is 20.4. The van der Waals surface area contributed by atoms with Crippen LogP contribution in [0.1, 0.15) is 29.6 Å². The highest BCUT2D eigenvalue weighted by Crippen LogP contribution is 2.50. The molecule has 9 nitrogen and oxygen atoms in total. The van der Waals surface area contributed by atoms with E-state index in [1.54, 1.807) is 4.90 Å². The molecule has 0 bridgehead atoms. The number of pyridine rings is 1. The molecule has 122 valence electrons. The first-order valence-electron chi connectivity index (χ1n) is 7.28. The third-order valence-electron chi connectivity index (χ3n) is 4.92. The average Bonchev–Trinajstić information content (AvgIpc) is 3.04. The molecular formula is C14H16N4O5. The lowest BCUT2D eigenvalue weighted by Gasteiger charge is -2.24. The molecule has 0 aromatic carbocycles. The molecule has 1 aliphatic heterocycles. The van der Waals surface area contributed by atoms with Gasteiger partial charge in [-0.25, -0.2) is 4.98 Å². The molecule has 0 spiro atoms. The van der Waals surface area contributed by atoms with Crippen LogP contribution in [0.25, 0.3) is 0 Å². The van der Waals surface area contributed by atoms with Gasteiger partial charge < -0.3 is 15.7 Å². The quantitative estimate of drug-likeness (QED) is 0.617. The Bertz CT molecular complexity index is 706. The van der Waals surface area contributed by atoms with Crippen LogP contribution in [0.15, 0.2) is 12.3 Å². The number of nitrogens with zero attached hydrogens (tertiary/aromatic N) is 3. The zero-order valence-corrected chi connectivity index (χ0v) is 12.3. The maximum Gasteiger partial charge on any atom is 0.311 e. The molecule has 0 unspecified atom stereocenters. The van der Waals surface area contributed by atoms with Crippen LogP contribution < -0.4 is 10.6 Å². The maximum absolute atomic E-state index is 11.7. The first-order valence-corrected chi connectivity index (χ1v) is 7.28. The van der Waals surface area contributed by atoms with E-state index in [1.807, 2.05) is 0 Å². The zero-order valence-electron chi connectivity index (χ0n) is 12.3. The summed E-state index contributed by atoms with van der Waals surface area (Å²) in [6.07, 6.45) is 3.31. The Hall–Kier alpha value is -2.71. The second-order valence-electron chi connectivity index (χ2n) is 6.12. The van der Waals surface area contributed by atoms with E-state index in [0.717, 1.165) is 25.1 Å². The van der Waals surface area contributed by atoms with Gasteiger partial charge in [-0.15, -0.1) is 0 Å². The van der Waals surface area contributed by atoms with E-state index in [9.17, 15) is 24.8 Å². The lowest BCUT2D eigenvalue weighted by Crippen LogP contribution is -2.36. The first-order chi connectivity index (χ1) is 10.8. The van der Waals surface area contributed by atoms with Gasteiger partial charge in [0.1, 0.15) is 12.0 Å². The van der Waals surface area contributed by atoms with Crippen molar-refractivity contribution in [3.63, 3.8) is 0 Å². The van der Waals surface area contributed by atoms with Crippen molar-refractivity contribution in [3.05, 3.63) is 27.9 Å². The predicted molar refractivity (Wildman–Crippen MR) is 79.0 cm³/mol. The summed E-state index contributed by atoms with van der Waals surface area (Å²) in [6, 6.07) is 1.09. The molecule has 23 heavy (non-hydrogen) atoms. The van der Waals surface area contributed by atoms with Gasteiger partial charge >= 0.3 is 5.97 Å². The van der Waals surface area contributed by atoms with E-state index in [-0.39, 0.29) is 29.5 Å². The number of fused-ring (bicyclic) bond motifs is 1. The fourth-order valence-corrected chi connectivity index (χ4v) is 3.78. The van der Waals surface area contributed by atoms with Crippen LogP contribution in [0.4, 0.5) is 11.5 Å². The summed E-state index contributed by atoms with van der Waals surface area (Å²) in [7, 11) is 0. The van der Waals surface area contributed by atoms with Crippen molar-refractivity contribution in [2.24, 2.45) is 17.1 Å². The Morgan fingerprint density at radius 1 is 1.52 bits per heavy atom. The molecule has 1 saturated heterocycles. The lowest BCUT2D eigenvalue weighted by atomic mass is 9.81. The molecule has 2 aliphatic rings. The standard InChI is InChI=1S/C14H16N4O5/c15-11(19)10-4-9(18(22)23)5-16-12(10)17-6-8-2-1-3-14(8,7-17)13(20)21/h4-5,8H,1-3,6-7H2,(H2,15,19)(H,20,21)/t8-,14+/m0/s1. The largest absolute Gasteiger partial charge is 0.481 e. The van der Waals surface area contributed by atoms with Crippen molar-refractivity contribution in [2.75, 3.05) is 18.0 Å². The minimum atomic E-state index is -0.843. The number of aliphatic carboxylic acids is 1. The van der Waals surface area contributed by atoms with Crippen molar-refractivity contribution < 1.29 is 19.6 Å². The van der Waals surface area contributed by atoms with Crippen molar-refractivity contribution in [2.45, 2.75) is 19.3 Å². The number of carbonyl (C=O) groups is 2. The zero-order chi connectivity index (χ0) is 16.8. The Morgan fingerprint density at radius 2 is 2.26 bits per heavy atom. The lowest BCUT2D eigenvalue weighted by molar-refractivity contribution is -0.385. The topological polar surface area (TPSA) is 140 Å². The van der Waals surface area contributed by atoms with Gasteiger partial charge in [-0.3, -0.25) is 19.7 Å². The predicted octanol–water partition coefficient (Wildman–Crippen LogP) is 0.780. The Morgan fingerprint density at radius 3 is 2.83 bits per heavy atom. The second kappa shape index (κ2) is 5.18. The number of hydrogen-bond donors (Lipinski definition) is 2.